The molecule has 1 aromatic carbocycles. The normalized spacial score (nSPS) is 12.1. The van der Waals surface area contributed by atoms with Crippen molar-refractivity contribution >= 4 is 17.2 Å². The van der Waals surface area contributed by atoms with E-state index in [4.69, 9.17) is 4.74 Å². The Bertz CT molecular complexity index is 871. The van der Waals surface area contributed by atoms with E-state index < -0.39 is 6.10 Å². The van der Waals surface area contributed by atoms with Gasteiger partial charge >= 0.3 is 0 Å². The average molecular weight is 384 g/mol. The van der Waals surface area contributed by atoms with Crippen molar-refractivity contribution in [2.75, 3.05) is 6.54 Å². The first kappa shape index (κ1) is 19.2. The van der Waals surface area contributed by atoms with Crippen molar-refractivity contribution in [3.05, 3.63) is 59.4 Å². The lowest BCUT2D eigenvalue weighted by Gasteiger charge is -2.18. The highest BCUT2D eigenvalue weighted by atomic mass is 32.1. The van der Waals surface area contributed by atoms with Crippen molar-refractivity contribution in [1.82, 2.24) is 15.3 Å². The van der Waals surface area contributed by atoms with Crippen LogP contribution in [0.5, 0.6) is 5.75 Å². The predicted molar refractivity (Wildman–Crippen MR) is 109 cm³/mol. The van der Waals surface area contributed by atoms with E-state index in [0.717, 1.165) is 27.6 Å². The van der Waals surface area contributed by atoms with Crippen molar-refractivity contribution in [2.45, 2.75) is 39.2 Å². The zero-order valence-electron chi connectivity index (χ0n) is 15.9. The average Bonchev–Trinajstić information content (AvgIpc) is 3.33. The molecule has 0 saturated heterocycles. The van der Waals surface area contributed by atoms with E-state index in [1.54, 1.807) is 24.6 Å². The fourth-order valence-corrected chi connectivity index (χ4v) is 3.65. The van der Waals surface area contributed by atoms with Gasteiger partial charge in [0, 0.05) is 18.7 Å². The van der Waals surface area contributed by atoms with Crippen LogP contribution < -0.4 is 10.1 Å². The number of hydrogen-bond donors (Lipinski definition) is 2. The SMILES string of the molecule is CC(Oc1ccccc1C(C)C)C(=O)NCCc1[nH]cnc1-c1cccs1. The summed E-state index contributed by atoms with van der Waals surface area (Å²) in [5.74, 6) is 0.988. The van der Waals surface area contributed by atoms with Crippen LogP contribution in [-0.4, -0.2) is 28.5 Å². The lowest BCUT2D eigenvalue weighted by molar-refractivity contribution is -0.127. The number of carbonyl (C=O) groups excluding carboxylic acids is 1. The van der Waals surface area contributed by atoms with Crippen molar-refractivity contribution in [1.29, 1.82) is 0 Å². The van der Waals surface area contributed by atoms with E-state index in [0.29, 0.717) is 18.9 Å². The molecule has 0 spiro atoms. The Morgan fingerprint density at radius 2 is 2.04 bits per heavy atom. The Morgan fingerprint density at radius 1 is 1.22 bits per heavy atom. The monoisotopic (exact) mass is 383 g/mol. The number of nitrogens with zero attached hydrogens (tertiary/aromatic N) is 1. The second-order valence-corrected chi connectivity index (χ2v) is 7.65. The molecular formula is C21H25N3O2S. The number of imidazole rings is 1. The van der Waals surface area contributed by atoms with Gasteiger partial charge in [-0.1, -0.05) is 38.1 Å². The summed E-state index contributed by atoms with van der Waals surface area (Å²) in [4.78, 5) is 21.1. The number of thiophene rings is 1. The largest absolute Gasteiger partial charge is 0.481 e. The van der Waals surface area contributed by atoms with Crippen LogP contribution in [0.4, 0.5) is 0 Å². The fourth-order valence-electron chi connectivity index (χ4n) is 2.90. The number of hydrogen-bond acceptors (Lipinski definition) is 4. The van der Waals surface area contributed by atoms with Crippen molar-refractivity contribution < 1.29 is 9.53 Å². The number of carbonyl (C=O) groups is 1. The van der Waals surface area contributed by atoms with Crippen LogP contribution in [0.3, 0.4) is 0 Å². The molecular weight excluding hydrogens is 358 g/mol. The maximum Gasteiger partial charge on any atom is 0.260 e. The third-order valence-corrected chi connectivity index (χ3v) is 5.24. The van der Waals surface area contributed by atoms with Gasteiger partial charge in [0.2, 0.25) is 0 Å². The summed E-state index contributed by atoms with van der Waals surface area (Å²) in [6.07, 6.45) is 1.83. The van der Waals surface area contributed by atoms with Gasteiger partial charge in [-0.2, -0.15) is 0 Å². The van der Waals surface area contributed by atoms with Crippen LogP contribution in [-0.2, 0) is 11.2 Å². The van der Waals surface area contributed by atoms with Crippen LogP contribution in [0.1, 0.15) is 37.9 Å². The number of rotatable bonds is 8. The molecule has 0 fully saturated rings. The third-order valence-electron chi connectivity index (χ3n) is 4.36. The minimum atomic E-state index is -0.552. The Balaban J connectivity index is 1.54. The lowest BCUT2D eigenvalue weighted by atomic mass is 10.0. The zero-order chi connectivity index (χ0) is 19.2. The summed E-state index contributed by atoms with van der Waals surface area (Å²) in [5.41, 5.74) is 3.08. The number of nitrogens with one attached hydrogen (secondary N) is 2. The first-order valence-electron chi connectivity index (χ1n) is 9.15. The van der Waals surface area contributed by atoms with Crippen LogP contribution in [0.25, 0.3) is 10.6 Å². The van der Waals surface area contributed by atoms with E-state index in [1.165, 1.54) is 0 Å². The van der Waals surface area contributed by atoms with Crippen molar-refractivity contribution in [3.63, 3.8) is 0 Å². The van der Waals surface area contributed by atoms with E-state index in [-0.39, 0.29) is 5.91 Å². The van der Waals surface area contributed by atoms with Crippen LogP contribution in [0, 0.1) is 0 Å². The Labute approximate surface area is 163 Å². The van der Waals surface area contributed by atoms with Crippen LogP contribution in [0.15, 0.2) is 48.1 Å². The van der Waals surface area contributed by atoms with Gasteiger partial charge in [0.1, 0.15) is 11.4 Å². The summed E-state index contributed by atoms with van der Waals surface area (Å²) in [5, 5.41) is 4.99. The Morgan fingerprint density at radius 3 is 2.78 bits per heavy atom. The molecule has 0 saturated carbocycles. The first-order chi connectivity index (χ1) is 13.1. The first-order valence-corrected chi connectivity index (χ1v) is 10.0. The topological polar surface area (TPSA) is 67.0 Å². The number of benzene rings is 1. The second-order valence-electron chi connectivity index (χ2n) is 6.70. The molecule has 5 nitrogen and oxygen atoms in total. The fraction of sp³-hybridized carbons (Fsp3) is 0.333. The number of aromatic nitrogens is 2. The smallest absolute Gasteiger partial charge is 0.260 e. The van der Waals surface area contributed by atoms with E-state index in [2.05, 4.69) is 29.1 Å². The third kappa shape index (κ3) is 4.77. The molecule has 3 aromatic rings. The molecule has 0 bridgehead atoms. The highest BCUT2D eigenvalue weighted by Gasteiger charge is 2.17. The molecule has 3 rings (SSSR count). The molecule has 1 amide bonds. The summed E-state index contributed by atoms with van der Waals surface area (Å²) >= 11 is 1.65. The van der Waals surface area contributed by atoms with Gasteiger partial charge in [0.05, 0.1) is 11.2 Å². The molecule has 0 aliphatic rings. The maximum absolute atomic E-state index is 12.4. The van der Waals surface area contributed by atoms with E-state index >= 15 is 0 Å². The second kappa shape index (κ2) is 8.86. The number of H-pyrrole nitrogens is 1. The van der Waals surface area contributed by atoms with Crippen LogP contribution >= 0.6 is 11.3 Å². The molecule has 2 heterocycles. The lowest BCUT2D eigenvalue weighted by Crippen LogP contribution is -2.37. The predicted octanol–water partition coefficient (Wildman–Crippen LogP) is 4.39. The summed E-state index contributed by atoms with van der Waals surface area (Å²) in [7, 11) is 0. The molecule has 6 heteroatoms. The van der Waals surface area contributed by atoms with Gasteiger partial charge in [-0.3, -0.25) is 4.79 Å². The van der Waals surface area contributed by atoms with Gasteiger partial charge in [-0.25, -0.2) is 4.98 Å². The standard InChI is InChI=1S/C21H25N3O2S/c1-14(2)16-7-4-5-8-18(16)26-15(3)21(25)22-11-10-17-20(24-13-23-17)19-9-6-12-27-19/h4-9,12-15H,10-11H2,1-3H3,(H,22,25)(H,23,24). The number of aromatic amines is 1. The number of amides is 1. The molecule has 0 aliphatic carbocycles. The highest BCUT2D eigenvalue weighted by Crippen LogP contribution is 2.27. The molecule has 1 atom stereocenters. The maximum atomic E-state index is 12.4. The molecule has 1 unspecified atom stereocenters. The van der Waals surface area contributed by atoms with Gasteiger partial charge in [-0.15, -0.1) is 11.3 Å². The van der Waals surface area contributed by atoms with Gasteiger partial charge in [-0.05, 0) is 35.9 Å². The molecule has 0 aliphatic heterocycles. The number of ether oxygens (including phenoxy) is 1. The molecule has 2 aromatic heterocycles. The molecule has 2 N–H and O–H groups in total. The van der Waals surface area contributed by atoms with Crippen molar-refractivity contribution in [3.8, 4) is 16.3 Å². The summed E-state index contributed by atoms with van der Waals surface area (Å²) in [6, 6.07) is 11.9. The minimum Gasteiger partial charge on any atom is -0.481 e. The Kier molecular flexibility index (Phi) is 6.29. The zero-order valence-corrected chi connectivity index (χ0v) is 16.7. The van der Waals surface area contributed by atoms with Gasteiger partial charge in [0.15, 0.2) is 6.10 Å². The van der Waals surface area contributed by atoms with Crippen molar-refractivity contribution in [2.24, 2.45) is 0 Å². The summed E-state index contributed by atoms with van der Waals surface area (Å²) in [6.45, 7) is 6.53. The summed E-state index contributed by atoms with van der Waals surface area (Å²) < 4.78 is 5.91. The van der Waals surface area contributed by atoms with Crippen LogP contribution in [0.2, 0.25) is 0 Å². The van der Waals surface area contributed by atoms with Gasteiger partial charge in [0.25, 0.3) is 5.91 Å². The van der Waals surface area contributed by atoms with Gasteiger partial charge < -0.3 is 15.0 Å². The molecule has 0 radical (unpaired) electrons. The van der Waals surface area contributed by atoms with E-state index in [9.17, 15) is 4.79 Å². The minimum absolute atomic E-state index is 0.120. The molecule has 27 heavy (non-hydrogen) atoms. The van der Waals surface area contributed by atoms with E-state index in [1.807, 2.05) is 41.8 Å². The Hall–Kier alpha value is -2.60. The quantitative estimate of drug-likeness (QED) is 0.606. The number of para-hydroxylation sites is 1. The highest BCUT2D eigenvalue weighted by molar-refractivity contribution is 7.13. The molecule has 142 valence electrons.